The van der Waals surface area contributed by atoms with Gasteiger partial charge < -0.3 is 0 Å². The monoisotopic (exact) mass is 166 g/mol. The summed E-state index contributed by atoms with van der Waals surface area (Å²) >= 11 is 0. The Labute approximate surface area is 70.4 Å². The fourth-order valence-corrected chi connectivity index (χ4v) is 1.47. The smallest absolute Gasteiger partial charge is 0.211 e. The Kier molecular flexibility index (Phi) is 3.39. The number of carbonyl (C=O) groups excluding carboxylic acids is 2. The van der Waals surface area contributed by atoms with Gasteiger partial charge in [-0.25, -0.2) is 19.6 Å². The predicted octanol–water partition coefficient (Wildman–Crippen LogP) is 0.969. The van der Waals surface area contributed by atoms with Crippen molar-refractivity contribution in [1.82, 2.24) is 0 Å². The van der Waals surface area contributed by atoms with E-state index in [1.165, 1.54) is 0 Å². The van der Waals surface area contributed by atoms with E-state index in [2.05, 4.69) is 9.98 Å². The third-order valence-corrected chi connectivity index (χ3v) is 2.14. The van der Waals surface area contributed by atoms with E-state index in [0.717, 1.165) is 25.7 Å². The zero-order valence-corrected chi connectivity index (χ0v) is 6.69. The lowest BCUT2D eigenvalue weighted by molar-refractivity contribution is 0.394. The van der Waals surface area contributed by atoms with E-state index in [4.69, 9.17) is 0 Å². The number of isocyanates is 2. The van der Waals surface area contributed by atoms with Crippen molar-refractivity contribution >= 4 is 12.2 Å². The van der Waals surface area contributed by atoms with Crippen LogP contribution in [0.1, 0.15) is 25.7 Å². The van der Waals surface area contributed by atoms with Crippen LogP contribution in [0.15, 0.2) is 9.98 Å². The first-order chi connectivity index (χ1) is 5.86. The van der Waals surface area contributed by atoms with Crippen LogP contribution in [0.3, 0.4) is 0 Å². The molecule has 0 aliphatic heterocycles. The van der Waals surface area contributed by atoms with Crippen molar-refractivity contribution in [1.29, 1.82) is 0 Å². The quantitative estimate of drug-likeness (QED) is 0.453. The summed E-state index contributed by atoms with van der Waals surface area (Å²) in [5, 5.41) is 0. The van der Waals surface area contributed by atoms with Crippen molar-refractivity contribution in [2.75, 3.05) is 0 Å². The molecule has 1 saturated carbocycles. The Hall–Kier alpha value is -1.24. The first kappa shape index (κ1) is 8.85. The molecule has 1 rings (SSSR count). The molecule has 12 heavy (non-hydrogen) atoms. The zero-order valence-electron chi connectivity index (χ0n) is 6.69. The second kappa shape index (κ2) is 4.60. The first-order valence-electron chi connectivity index (χ1n) is 4.00. The van der Waals surface area contributed by atoms with Crippen LogP contribution < -0.4 is 0 Å². The van der Waals surface area contributed by atoms with Crippen molar-refractivity contribution in [2.45, 2.75) is 37.8 Å². The molecular weight excluding hydrogens is 156 g/mol. The molecule has 0 saturated heterocycles. The maximum atomic E-state index is 9.90. The molecule has 1 aliphatic rings. The van der Waals surface area contributed by atoms with Gasteiger partial charge >= 0.3 is 0 Å². The highest BCUT2D eigenvalue weighted by Crippen LogP contribution is 2.22. The molecule has 0 amide bonds. The highest BCUT2D eigenvalue weighted by atomic mass is 16.1. The van der Waals surface area contributed by atoms with E-state index >= 15 is 0 Å². The van der Waals surface area contributed by atoms with Gasteiger partial charge in [-0.15, -0.1) is 0 Å². The lowest BCUT2D eigenvalue weighted by atomic mass is 9.92. The minimum atomic E-state index is 0.0978. The second-order valence-corrected chi connectivity index (χ2v) is 2.90. The summed E-state index contributed by atoms with van der Waals surface area (Å²) < 4.78 is 0. The summed E-state index contributed by atoms with van der Waals surface area (Å²) in [5.74, 6) is 0. The van der Waals surface area contributed by atoms with Crippen LogP contribution in [0.4, 0.5) is 0 Å². The fraction of sp³-hybridized carbons (Fsp3) is 0.750. The lowest BCUT2D eigenvalue weighted by Crippen LogP contribution is -2.19. The van der Waals surface area contributed by atoms with Crippen LogP contribution in [-0.4, -0.2) is 24.2 Å². The molecule has 0 atom stereocenters. The van der Waals surface area contributed by atoms with Gasteiger partial charge in [0.05, 0.1) is 12.1 Å². The summed E-state index contributed by atoms with van der Waals surface area (Å²) in [4.78, 5) is 27.1. The van der Waals surface area contributed by atoms with E-state index < -0.39 is 0 Å². The average molecular weight is 166 g/mol. The van der Waals surface area contributed by atoms with Gasteiger partial charge in [-0.05, 0) is 25.7 Å². The number of aliphatic imine (C=N–C) groups is 2. The number of hydrogen-bond donors (Lipinski definition) is 0. The van der Waals surface area contributed by atoms with Crippen LogP contribution in [0.2, 0.25) is 0 Å². The molecule has 1 fully saturated rings. The van der Waals surface area contributed by atoms with Gasteiger partial charge in [0.25, 0.3) is 0 Å². The molecule has 64 valence electrons. The maximum absolute atomic E-state index is 9.90. The minimum absolute atomic E-state index is 0.0978. The third-order valence-electron chi connectivity index (χ3n) is 2.14. The number of nitrogens with zero attached hydrogens (tertiary/aromatic N) is 2. The number of hydrogen-bond acceptors (Lipinski definition) is 4. The van der Waals surface area contributed by atoms with Crippen molar-refractivity contribution in [3.8, 4) is 0 Å². The third kappa shape index (κ3) is 2.42. The average Bonchev–Trinajstić information content (AvgIpc) is 2.09. The normalized spacial score (nSPS) is 28.3. The highest BCUT2D eigenvalue weighted by Gasteiger charge is 2.19. The predicted molar refractivity (Wildman–Crippen MR) is 42.3 cm³/mol. The van der Waals surface area contributed by atoms with Gasteiger partial charge in [0.1, 0.15) is 0 Å². The van der Waals surface area contributed by atoms with Crippen LogP contribution in [0.5, 0.6) is 0 Å². The highest BCUT2D eigenvalue weighted by molar-refractivity contribution is 5.34. The van der Waals surface area contributed by atoms with E-state index in [-0.39, 0.29) is 12.1 Å². The molecule has 0 aromatic rings. The van der Waals surface area contributed by atoms with Gasteiger partial charge in [0, 0.05) is 0 Å². The SMILES string of the molecule is O=C=N[C@H]1CC[C@H](N=C=O)CC1. The summed E-state index contributed by atoms with van der Waals surface area (Å²) in [6.45, 7) is 0. The van der Waals surface area contributed by atoms with Gasteiger partial charge in [0.15, 0.2) is 0 Å². The molecule has 0 heterocycles. The summed E-state index contributed by atoms with van der Waals surface area (Å²) in [6.07, 6.45) is 6.40. The van der Waals surface area contributed by atoms with Crippen molar-refractivity contribution in [3.05, 3.63) is 0 Å². The van der Waals surface area contributed by atoms with E-state index in [1.54, 1.807) is 12.2 Å². The Morgan fingerprint density at radius 1 is 0.833 bits per heavy atom. The molecule has 0 N–H and O–H groups in total. The number of rotatable bonds is 2. The summed E-state index contributed by atoms with van der Waals surface area (Å²) in [6, 6.07) is 0.196. The van der Waals surface area contributed by atoms with Gasteiger partial charge in [-0.1, -0.05) is 0 Å². The molecule has 0 spiro atoms. The first-order valence-corrected chi connectivity index (χ1v) is 4.00. The topological polar surface area (TPSA) is 58.9 Å². The molecule has 0 aromatic heterocycles. The molecule has 0 bridgehead atoms. The fourth-order valence-electron chi connectivity index (χ4n) is 1.47. The van der Waals surface area contributed by atoms with E-state index in [9.17, 15) is 9.59 Å². The van der Waals surface area contributed by atoms with Crippen molar-refractivity contribution < 1.29 is 9.59 Å². The molecule has 1 aliphatic carbocycles. The largest absolute Gasteiger partial charge is 0.235 e. The zero-order chi connectivity index (χ0) is 8.81. The Morgan fingerprint density at radius 2 is 1.17 bits per heavy atom. The Balaban J connectivity index is 2.38. The van der Waals surface area contributed by atoms with E-state index in [0.29, 0.717) is 0 Å². The molecule has 4 heteroatoms. The molecule has 0 aromatic carbocycles. The van der Waals surface area contributed by atoms with Crippen LogP contribution in [0, 0.1) is 0 Å². The Bertz CT molecular complexity index is 205. The van der Waals surface area contributed by atoms with E-state index in [1.807, 2.05) is 0 Å². The minimum Gasteiger partial charge on any atom is -0.211 e. The summed E-state index contributed by atoms with van der Waals surface area (Å²) in [7, 11) is 0. The summed E-state index contributed by atoms with van der Waals surface area (Å²) in [5.41, 5.74) is 0. The molecule has 0 radical (unpaired) electrons. The lowest BCUT2D eigenvalue weighted by Gasteiger charge is -2.20. The van der Waals surface area contributed by atoms with Gasteiger partial charge in [-0.2, -0.15) is 0 Å². The standard InChI is InChI=1S/C8H10N2O2/c11-5-9-7-1-2-8(4-3-7)10-6-12/h7-8H,1-4H2/t7-,8-. The molecule has 0 unspecified atom stereocenters. The molecule has 4 nitrogen and oxygen atoms in total. The van der Waals surface area contributed by atoms with Crippen LogP contribution in [0.25, 0.3) is 0 Å². The second-order valence-electron chi connectivity index (χ2n) is 2.90. The van der Waals surface area contributed by atoms with Crippen molar-refractivity contribution in [3.63, 3.8) is 0 Å². The maximum Gasteiger partial charge on any atom is 0.235 e. The Morgan fingerprint density at radius 3 is 1.42 bits per heavy atom. The molecular formula is C8H10N2O2. The van der Waals surface area contributed by atoms with Crippen LogP contribution in [-0.2, 0) is 9.59 Å². The van der Waals surface area contributed by atoms with Crippen LogP contribution >= 0.6 is 0 Å². The van der Waals surface area contributed by atoms with Gasteiger partial charge in [0.2, 0.25) is 12.2 Å². The van der Waals surface area contributed by atoms with Gasteiger partial charge in [-0.3, -0.25) is 0 Å². The van der Waals surface area contributed by atoms with Crippen molar-refractivity contribution in [2.24, 2.45) is 9.98 Å².